The Morgan fingerprint density at radius 2 is 1.83 bits per heavy atom. The maximum atomic E-state index is 11.5. The summed E-state index contributed by atoms with van der Waals surface area (Å²) < 4.78 is 17.0. The Balaban J connectivity index is 1.77. The van der Waals surface area contributed by atoms with Crippen molar-refractivity contribution < 1.29 is 24.1 Å². The van der Waals surface area contributed by atoms with Crippen LogP contribution in [0.25, 0.3) is 17.1 Å². The molecule has 1 N–H and O–H groups in total. The maximum absolute atomic E-state index is 11.5. The Morgan fingerprint density at radius 3 is 2.54 bits per heavy atom. The molecule has 35 heavy (non-hydrogen) atoms. The number of unbranched alkanes of at least 4 members (excludes halogenated alkanes) is 4. The van der Waals surface area contributed by atoms with Crippen LogP contribution in [0.4, 0.5) is 0 Å². The van der Waals surface area contributed by atoms with Crippen LogP contribution in [0, 0.1) is 0 Å². The Hall–Kier alpha value is -2.35. The van der Waals surface area contributed by atoms with E-state index in [0.29, 0.717) is 37.1 Å². The van der Waals surface area contributed by atoms with Gasteiger partial charge in [-0.05, 0) is 51.3 Å². The maximum Gasteiger partial charge on any atom is 0.305 e. The van der Waals surface area contributed by atoms with Gasteiger partial charge in [0.2, 0.25) is 0 Å². The monoisotopic (exact) mass is 484 g/mol. The highest BCUT2D eigenvalue weighted by molar-refractivity contribution is 5.75. The molecule has 0 radical (unpaired) electrons. The van der Waals surface area contributed by atoms with Gasteiger partial charge in [-0.2, -0.15) is 0 Å². The number of ether oxygens (including phenoxy) is 3. The van der Waals surface area contributed by atoms with Gasteiger partial charge in [-0.25, -0.2) is 9.97 Å². The van der Waals surface area contributed by atoms with Crippen molar-refractivity contribution in [3.8, 4) is 0 Å². The molecule has 3 rings (SSSR count). The van der Waals surface area contributed by atoms with E-state index in [-0.39, 0.29) is 18.2 Å². The third kappa shape index (κ3) is 8.09. The average molecular weight is 485 g/mol. The first kappa shape index (κ1) is 27.2. The lowest BCUT2D eigenvalue weighted by atomic mass is 10.0. The van der Waals surface area contributed by atoms with Crippen molar-refractivity contribution in [2.45, 2.75) is 103 Å². The van der Waals surface area contributed by atoms with E-state index < -0.39 is 11.9 Å². The second-order valence-corrected chi connectivity index (χ2v) is 9.67. The summed E-state index contributed by atoms with van der Waals surface area (Å²) in [7, 11) is 1.40. The summed E-state index contributed by atoms with van der Waals surface area (Å²) in [6.45, 7) is 5.97. The van der Waals surface area contributed by atoms with Crippen molar-refractivity contribution in [2.75, 3.05) is 7.11 Å². The first-order valence-corrected chi connectivity index (χ1v) is 12.9. The zero-order valence-corrected chi connectivity index (χ0v) is 21.5. The highest BCUT2D eigenvalue weighted by Crippen LogP contribution is 2.32. The fraction of sp³-hybridized carbons (Fsp3) is 0.607. The first-order valence-electron chi connectivity index (χ1n) is 12.9. The van der Waals surface area contributed by atoms with Gasteiger partial charge in [0.15, 0.2) is 5.79 Å². The van der Waals surface area contributed by atoms with Crippen LogP contribution in [0.2, 0.25) is 0 Å². The Labute approximate surface area is 208 Å². The molecule has 1 aliphatic rings. The van der Waals surface area contributed by atoms with E-state index >= 15 is 0 Å². The number of nitrogens with zero attached hydrogens (tertiary/aromatic N) is 2. The molecule has 2 aromatic rings. The molecule has 0 saturated carbocycles. The van der Waals surface area contributed by atoms with Gasteiger partial charge in [0, 0.05) is 6.42 Å². The third-order valence-electron chi connectivity index (χ3n) is 6.29. The highest BCUT2D eigenvalue weighted by atomic mass is 16.7. The minimum Gasteiger partial charge on any atom is -0.469 e. The Morgan fingerprint density at radius 1 is 1.11 bits per heavy atom. The van der Waals surface area contributed by atoms with Crippen molar-refractivity contribution in [3.63, 3.8) is 0 Å². The molecule has 0 spiro atoms. The summed E-state index contributed by atoms with van der Waals surface area (Å²) in [5, 5.41) is 11.0. The number of hydrogen-bond acceptors (Lipinski definition) is 7. The molecular formula is C28H40N2O5. The van der Waals surface area contributed by atoms with Crippen molar-refractivity contribution in [3.05, 3.63) is 41.7 Å². The second-order valence-electron chi connectivity index (χ2n) is 9.67. The molecule has 7 heteroatoms. The molecule has 0 unspecified atom stereocenters. The van der Waals surface area contributed by atoms with Crippen LogP contribution in [0.1, 0.15) is 96.1 Å². The summed E-state index contributed by atoms with van der Waals surface area (Å²) in [4.78, 5) is 21.1. The summed E-state index contributed by atoms with van der Waals surface area (Å²) in [6.07, 6.45) is 10.6. The van der Waals surface area contributed by atoms with E-state index in [2.05, 4.69) is 6.92 Å². The zero-order valence-electron chi connectivity index (χ0n) is 21.5. The fourth-order valence-corrected chi connectivity index (χ4v) is 4.46. The average Bonchev–Trinajstić information content (AvgIpc) is 3.14. The van der Waals surface area contributed by atoms with Crippen LogP contribution in [0.5, 0.6) is 0 Å². The van der Waals surface area contributed by atoms with Gasteiger partial charge in [-0.1, -0.05) is 57.2 Å². The molecule has 0 amide bonds. The SMILES string of the molecule is CCCCCCC[C@@H](O)c1nc2ccccc2nc1/C=C/[C@H]1OC(C)(C)O[C@H]1CCCC(=O)OC. The van der Waals surface area contributed by atoms with Gasteiger partial charge in [0.25, 0.3) is 0 Å². The Kier molecular flexibility index (Phi) is 10.2. The predicted molar refractivity (Wildman–Crippen MR) is 137 cm³/mol. The van der Waals surface area contributed by atoms with Crippen molar-refractivity contribution in [1.29, 1.82) is 0 Å². The van der Waals surface area contributed by atoms with Gasteiger partial charge in [0.05, 0.1) is 41.7 Å². The van der Waals surface area contributed by atoms with E-state index in [0.717, 1.165) is 23.9 Å². The molecule has 0 bridgehead atoms. The van der Waals surface area contributed by atoms with E-state index in [1.807, 2.05) is 50.3 Å². The van der Waals surface area contributed by atoms with Crippen LogP contribution in [-0.2, 0) is 19.0 Å². The van der Waals surface area contributed by atoms with E-state index in [4.69, 9.17) is 24.2 Å². The standard InChI is InChI=1S/C28H40N2O5/c1-5-6-7-8-9-15-23(31)27-22(29-20-13-10-11-14-21(20)30-27)18-19-25-24(34-28(2,3)35-25)16-12-17-26(32)33-4/h10-11,13-14,18-19,23-25,31H,5-9,12,15-17H2,1-4H3/b19-18+/t23-,24+,25-/m1/s1. The summed E-state index contributed by atoms with van der Waals surface area (Å²) in [6, 6.07) is 7.70. The van der Waals surface area contributed by atoms with Gasteiger partial charge in [0.1, 0.15) is 6.10 Å². The lowest BCUT2D eigenvalue weighted by molar-refractivity contribution is -0.144. The summed E-state index contributed by atoms with van der Waals surface area (Å²) in [5.41, 5.74) is 2.79. The smallest absolute Gasteiger partial charge is 0.305 e. The lowest BCUT2D eigenvalue weighted by Crippen LogP contribution is -2.21. The van der Waals surface area contributed by atoms with Crippen LogP contribution >= 0.6 is 0 Å². The first-order chi connectivity index (χ1) is 16.8. The molecule has 1 aromatic carbocycles. The predicted octanol–water partition coefficient (Wildman–Crippen LogP) is 5.90. The number of para-hydroxylation sites is 2. The van der Waals surface area contributed by atoms with Crippen molar-refractivity contribution in [1.82, 2.24) is 9.97 Å². The number of aliphatic hydroxyl groups excluding tert-OH is 1. The number of rotatable bonds is 13. The quantitative estimate of drug-likeness (QED) is 0.279. The molecular weight excluding hydrogens is 444 g/mol. The Bertz CT molecular complexity index is 990. The molecule has 2 heterocycles. The van der Waals surface area contributed by atoms with Gasteiger partial charge < -0.3 is 19.3 Å². The van der Waals surface area contributed by atoms with E-state index in [1.54, 1.807) is 0 Å². The number of carbonyl (C=O) groups excluding carboxylic acids is 1. The second kappa shape index (κ2) is 13.1. The minimum atomic E-state index is -0.721. The molecule has 192 valence electrons. The normalized spacial score (nSPS) is 20.5. The fourth-order valence-electron chi connectivity index (χ4n) is 4.46. The van der Waals surface area contributed by atoms with Crippen molar-refractivity contribution >= 4 is 23.1 Å². The number of aromatic nitrogens is 2. The van der Waals surface area contributed by atoms with E-state index in [9.17, 15) is 9.90 Å². The minimum absolute atomic E-state index is 0.189. The number of esters is 1. The molecule has 3 atom stereocenters. The van der Waals surface area contributed by atoms with E-state index in [1.165, 1.54) is 26.4 Å². The van der Waals surface area contributed by atoms with Gasteiger partial charge in [-0.3, -0.25) is 4.79 Å². The van der Waals surface area contributed by atoms with Gasteiger partial charge >= 0.3 is 5.97 Å². The lowest BCUT2D eigenvalue weighted by Gasteiger charge is -2.16. The summed E-state index contributed by atoms with van der Waals surface area (Å²) in [5.74, 6) is -0.948. The molecule has 1 saturated heterocycles. The largest absolute Gasteiger partial charge is 0.469 e. The molecule has 1 aromatic heterocycles. The number of fused-ring (bicyclic) bond motifs is 1. The molecule has 1 fully saturated rings. The summed E-state index contributed by atoms with van der Waals surface area (Å²) >= 11 is 0. The molecule has 7 nitrogen and oxygen atoms in total. The van der Waals surface area contributed by atoms with Crippen LogP contribution in [0.3, 0.4) is 0 Å². The number of hydrogen-bond donors (Lipinski definition) is 1. The van der Waals surface area contributed by atoms with Crippen LogP contribution in [0.15, 0.2) is 30.3 Å². The van der Waals surface area contributed by atoms with Crippen molar-refractivity contribution in [2.24, 2.45) is 0 Å². The van der Waals surface area contributed by atoms with Gasteiger partial charge in [-0.15, -0.1) is 0 Å². The van der Waals surface area contributed by atoms with Crippen LogP contribution < -0.4 is 0 Å². The van der Waals surface area contributed by atoms with Crippen LogP contribution in [-0.4, -0.2) is 46.1 Å². The molecule has 0 aliphatic carbocycles. The topological polar surface area (TPSA) is 90.8 Å². The number of benzene rings is 1. The number of aliphatic hydroxyl groups is 1. The zero-order chi connectivity index (χ0) is 25.3. The molecule has 1 aliphatic heterocycles. The number of carbonyl (C=O) groups is 1. The number of methoxy groups -OCH3 is 1. The third-order valence-corrected chi connectivity index (χ3v) is 6.29. The highest BCUT2D eigenvalue weighted by Gasteiger charge is 2.39.